The number of fused-ring (bicyclic) bond motifs is 1. The van der Waals surface area contributed by atoms with Crippen molar-refractivity contribution < 1.29 is 18.7 Å². The van der Waals surface area contributed by atoms with E-state index in [-0.39, 0.29) is 24.0 Å². The van der Waals surface area contributed by atoms with Crippen LogP contribution in [-0.4, -0.2) is 37.6 Å². The van der Waals surface area contributed by atoms with Gasteiger partial charge < -0.3 is 15.4 Å². The van der Waals surface area contributed by atoms with Crippen LogP contribution in [0.2, 0.25) is 0 Å². The lowest BCUT2D eigenvalue weighted by atomic mass is 9.80. The molecular formula is C20H21F2N5O2. The molecule has 3 aromatic rings. The lowest BCUT2D eigenvalue weighted by Gasteiger charge is -2.27. The molecule has 0 atom stereocenters. The Hall–Kier alpha value is -3.10. The van der Waals surface area contributed by atoms with Crippen molar-refractivity contribution in [2.45, 2.75) is 32.1 Å². The molecule has 3 heterocycles. The van der Waals surface area contributed by atoms with E-state index in [1.54, 1.807) is 6.20 Å². The van der Waals surface area contributed by atoms with Crippen molar-refractivity contribution in [1.82, 2.24) is 19.9 Å². The normalized spacial score (nSPS) is 19.4. The Labute approximate surface area is 165 Å². The molecule has 4 rings (SSSR count). The first kappa shape index (κ1) is 19.2. The molecule has 0 amide bonds. The van der Waals surface area contributed by atoms with Gasteiger partial charge in [-0.25, -0.2) is 23.7 Å². The molecule has 0 spiro atoms. The number of carboxylic acids is 1. The summed E-state index contributed by atoms with van der Waals surface area (Å²) in [7, 11) is 0. The molecular weight excluding hydrogens is 380 g/mol. The van der Waals surface area contributed by atoms with E-state index < -0.39 is 17.6 Å². The Balaban J connectivity index is 1.45. The van der Waals surface area contributed by atoms with E-state index in [0.717, 1.165) is 38.1 Å². The summed E-state index contributed by atoms with van der Waals surface area (Å²) in [6, 6.07) is 1.34. The quantitative estimate of drug-likeness (QED) is 0.577. The lowest BCUT2D eigenvalue weighted by molar-refractivity contribution is -0.138. The molecule has 3 N–H and O–H groups in total. The van der Waals surface area contributed by atoms with Crippen molar-refractivity contribution in [2.75, 3.05) is 11.9 Å². The van der Waals surface area contributed by atoms with Gasteiger partial charge in [0.25, 0.3) is 0 Å². The smallest absolute Gasteiger partial charge is 0.303 e. The highest BCUT2D eigenvalue weighted by atomic mass is 19.1. The topological polar surface area (TPSA) is 104 Å². The molecule has 7 nitrogen and oxygen atoms in total. The van der Waals surface area contributed by atoms with E-state index in [1.807, 2.05) is 0 Å². The van der Waals surface area contributed by atoms with Crippen molar-refractivity contribution >= 4 is 22.8 Å². The summed E-state index contributed by atoms with van der Waals surface area (Å²) in [5.74, 6) is -0.852. The minimum Gasteiger partial charge on any atom is -0.481 e. The number of nitrogens with one attached hydrogen (secondary N) is 2. The molecule has 9 heteroatoms. The molecule has 0 saturated heterocycles. The van der Waals surface area contributed by atoms with Gasteiger partial charge in [0.1, 0.15) is 11.5 Å². The summed E-state index contributed by atoms with van der Waals surface area (Å²) in [6.07, 6.45) is 7.58. The number of aromatic amines is 1. The molecule has 1 aliphatic carbocycles. The van der Waals surface area contributed by atoms with Gasteiger partial charge in [0, 0.05) is 30.1 Å². The maximum Gasteiger partial charge on any atom is 0.303 e. The van der Waals surface area contributed by atoms with Gasteiger partial charge in [0.05, 0.1) is 12.4 Å². The summed E-state index contributed by atoms with van der Waals surface area (Å²) in [5.41, 5.74) is 1.05. The Morgan fingerprint density at radius 3 is 2.69 bits per heavy atom. The van der Waals surface area contributed by atoms with Crippen molar-refractivity contribution in [1.29, 1.82) is 0 Å². The van der Waals surface area contributed by atoms with Crippen LogP contribution < -0.4 is 5.32 Å². The monoisotopic (exact) mass is 401 g/mol. The van der Waals surface area contributed by atoms with Crippen LogP contribution in [-0.2, 0) is 4.79 Å². The molecule has 0 unspecified atom stereocenters. The number of hydrogen-bond acceptors (Lipinski definition) is 5. The van der Waals surface area contributed by atoms with Crippen LogP contribution in [0.5, 0.6) is 0 Å². The van der Waals surface area contributed by atoms with E-state index in [1.165, 1.54) is 6.07 Å². The number of H-pyrrole nitrogens is 1. The molecule has 0 bridgehead atoms. The molecule has 29 heavy (non-hydrogen) atoms. The Morgan fingerprint density at radius 2 is 1.93 bits per heavy atom. The summed E-state index contributed by atoms with van der Waals surface area (Å²) in [6.45, 7) is 0.553. The van der Waals surface area contributed by atoms with Gasteiger partial charge in [-0.15, -0.1) is 0 Å². The summed E-state index contributed by atoms with van der Waals surface area (Å²) < 4.78 is 27.8. The lowest BCUT2D eigenvalue weighted by Crippen LogP contribution is -2.23. The number of carboxylic acid groups (broad SMARTS) is 1. The molecule has 0 aromatic carbocycles. The number of halogens is 2. The molecule has 152 valence electrons. The van der Waals surface area contributed by atoms with Gasteiger partial charge >= 0.3 is 5.97 Å². The molecule has 0 radical (unpaired) electrons. The molecule has 3 aromatic heterocycles. The van der Waals surface area contributed by atoms with Crippen LogP contribution in [0.1, 0.15) is 32.1 Å². The minimum atomic E-state index is -0.755. The Kier molecular flexibility index (Phi) is 5.37. The second-order valence-corrected chi connectivity index (χ2v) is 7.51. The number of carbonyl (C=O) groups is 1. The first-order chi connectivity index (χ1) is 14.0. The summed E-state index contributed by atoms with van der Waals surface area (Å²) in [4.78, 5) is 26.1. The first-order valence-corrected chi connectivity index (χ1v) is 9.61. The maximum atomic E-state index is 14.2. The van der Waals surface area contributed by atoms with Gasteiger partial charge in [0.2, 0.25) is 0 Å². The van der Waals surface area contributed by atoms with Crippen molar-refractivity contribution in [2.24, 2.45) is 11.8 Å². The fourth-order valence-electron chi connectivity index (χ4n) is 3.91. The van der Waals surface area contributed by atoms with Crippen LogP contribution in [0.15, 0.2) is 24.7 Å². The van der Waals surface area contributed by atoms with Crippen molar-refractivity contribution in [3.8, 4) is 11.4 Å². The number of anilines is 1. The number of aliphatic carboxylic acids is 1. The predicted molar refractivity (Wildman–Crippen MR) is 103 cm³/mol. The molecule has 0 aliphatic heterocycles. The molecule has 1 saturated carbocycles. The second-order valence-electron chi connectivity index (χ2n) is 7.51. The zero-order valence-corrected chi connectivity index (χ0v) is 15.7. The van der Waals surface area contributed by atoms with Crippen LogP contribution in [0, 0.1) is 23.5 Å². The van der Waals surface area contributed by atoms with Gasteiger partial charge in [0.15, 0.2) is 17.5 Å². The number of aromatic nitrogens is 4. The third-order valence-corrected chi connectivity index (χ3v) is 5.47. The third kappa shape index (κ3) is 4.33. The summed E-state index contributed by atoms with van der Waals surface area (Å²) in [5, 5.41) is 12.5. The van der Waals surface area contributed by atoms with E-state index in [2.05, 4.69) is 25.3 Å². The number of pyridine rings is 1. The highest BCUT2D eigenvalue weighted by Gasteiger charge is 2.23. The van der Waals surface area contributed by atoms with Gasteiger partial charge in [-0.1, -0.05) is 0 Å². The number of hydrogen-bond donors (Lipinski definition) is 3. The van der Waals surface area contributed by atoms with Crippen LogP contribution in [0.4, 0.5) is 14.6 Å². The van der Waals surface area contributed by atoms with Crippen LogP contribution in [0.25, 0.3) is 22.4 Å². The van der Waals surface area contributed by atoms with Crippen LogP contribution in [0.3, 0.4) is 0 Å². The first-order valence-electron chi connectivity index (χ1n) is 9.61. The number of nitrogens with zero attached hydrogens (tertiary/aromatic N) is 3. The van der Waals surface area contributed by atoms with E-state index >= 15 is 0 Å². The average Bonchev–Trinajstić information content (AvgIpc) is 3.11. The fraction of sp³-hybridized carbons (Fsp3) is 0.400. The van der Waals surface area contributed by atoms with Crippen molar-refractivity contribution in [3.63, 3.8) is 0 Å². The average molecular weight is 401 g/mol. The fourth-order valence-corrected chi connectivity index (χ4v) is 3.91. The number of rotatable bonds is 6. The van der Waals surface area contributed by atoms with Gasteiger partial charge in [-0.2, -0.15) is 0 Å². The highest BCUT2D eigenvalue weighted by molar-refractivity contribution is 5.91. The zero-order chi connectivity index (χ0) is 20.4. The van der Waals surface area contributed by atoms with Gasteiger partial charge in [-0.3, -0.25) is 4.79 Å². The second kappa shape index (κ2) is 8.10. The third-order valence-electron chi connectivity index (χ3n) is 5.47. The van der Waals surface area contributed by atoms with E-state index in [4.69, 9.17) is 5.11 Å². The standard InChI is InChI=1S/C20H21F2N5O2/c21-13-6-14-15(9-25-18(14)24-8-13)19-26-10-16(22)20(27-19)23-7-12-3-1-11(2-4-12)5-17(28)29/h6,8-12H,1-5,7H2,(H,24,25)(H,28,29)(H,23,26,27). The minimum absolute atomic E-state index is 0.0985. The van der Waals surface area contributed by atoms with E-state index in [9.17, 15) is 13.6 Å². The highest BCUT2D eigenvalue weighted by Crippen LogP contribution is 2.31. The molecule has 1 aliphatic rings. The maximum absolute atomic E-state index is 14.2. The SMILES string of the molecule is O=C(O)CC1CCC(CNc2nc(-c3c[nH]c4ncc(F)cc34)ncc2F)CC1. The zero-order valence-electron chi connectivity index (χ0n) is 15.7. The predicted octanol–water partition coefficient (Wildman–Crippen LogP) is 3.99. The van der Waals surface area contributed by atoms with Crippen molar-refractivity contribution in [3.05, 3.63) is 36.3 Å². The van der Waals surface area contributed by atoms with Crippen LogP contribution >= 0.6 is 0 Å². The van der Waals surface area contributed by atoms with Gasteiger partial charge in [-0.05, 0) is 43.6 Å². The van der Waals surface area contributed by atoms with E-state index in [0.29, 0.717) is 29.1 Å². The molecule has 1 fully saturated rings. The Bertz CT molecular complexity index is 1030. The Morgan fingerprint density at radius 1 is 1.17 bits per heavy atom. The largest absolute Gasteiger partial charge is 0.481 e. The summed E-state index contributed by atoms with van der Waals surface area (Å²) >= 11 is 0.